The second-order valence-electron chi connectivity index (χ2n) is 7.71. The van der Waals surface area contributed by atoms with Gasteiger partial charge in [-0.3, -0.25) is 4.79 Å². The van der Waals surface area contributed by atoms with Gasteiger partial charge in [-0.15, -0.1) is 0 Å². The molecule has 1 saturated carbocycles. The lowest BCUT2D eigenvalue weighted by molar-refractivity contribution is -0.122. The molecule has 0 aromatic carbocycles. The Bertz CT molecular complexity index is 294. The average Bonchev–Trinajstić information content (AvgIpc) is 2.52. The zero-order valence-corrected chi connectivity index (χ0v) is 14.1. The standard InChI is InChI=1S/C17H34N2O/c1-13(2)14-7-6-8-15(10-9-14)18-12-11-16(20)19-17(3,4)5/h13-15,18H,6-12H2,1-5H3,(H,19,20). The molecule has 3 heteroatoms. The Morgan fingerprint density at radius 1 is 1.15 bits per heavy atom. The van der Waals surface area contributed by atoms with Crippen LogP contribution in [0.4, 0.5) is 0 Å². The smallest absolute Gasteiger partial charge is 0.221 e. The second kappa shape index (κ2) is 8.02. The molecule has 1 amide bonds. The van der Waals surface area contributed by atoms with Crippen molar-refractivity contribution in [2.45, 2.75) is 84.7 Å². The minimum Gasteiger partial charge on any atom is -0.351 e. The third-order valence-electron chi connectivity index (χ3n) is 4.26. The van der Waals surface area contributed by atoms with Gasteiger partial charge in [-0.25, -0.2) is 0 Å². The minimum atomic E-state index is -0.121. The predicted molar refractivity (Wildman–Crippen MR) is 85.7 cm³/mol. The van der Waals surface area contributed by atoms with Crippen molar-refractivity contribution in [3.8, 4) is 0 Å². The van der Waals surface area contributed by atoms with Gasteiger partial charge in [-0.2, -0.15) is 0 Å². The third kappa shape index (κ3) is 7.28. The first-order valence-corrected chi connectivity index (χ1v) is 8.32. The molecule has 2 unspecified atom stereocenters. The maximum atomic E-state index is 11.8. The van der Waals surface area contributed by atoms with Crippen LogP contribution in [0.2, 0.25) is 0 Å². The van der Waals surface area contributed by atoms with E-state index in [1.165, 1.54) is 32.1 Å². The Balaban J connectivity index is 2.21. The summed E-state index contributed by atoms with van der Waals surface area (Å²) in [6.45, 7) is 11.6. The summed E-state index contributed by atoms with van der Waals surface area (Å²) >= 11 is 0. The first kappa shape index (κ1) is 17.5. The summed E-state index contributed by atoms with van der Waals surface area (Å²) in [7, 11) is 0. The fourth-order valence-corrected chi connectivity index (χ4v) is 3.07. The van der Waals surface area contributed by atoms with Gasteiger partial charge in [0.2, 0.25) is 5.91 Å². The topological polar surface area (TPSA) is 41.1 Å². The molecule has 0 heterocycles. The number of carbonyl (C=O) groups is 1. The van der Waals surface area contributed by atoms with E-state index in [2.05, 4.69) is 24.5 Å². The summed E-state index contributed by atoms with van der Waals surface area (Å²) in [6.07, 6.45) is 7.16. The predicted octanol–water partition coefficient (Wildman–Crippen LogP) is 3.49. The second-order valence-corrected chi connectivity index (χ2v) is 7.71. The Labute approximate surface area is 125 Å². The minimum absolute atomic E-state index is 0.121. The van der Waals surface area contributed by atoms with E-state index in [0.717, 1.165) is 18.4 Å². The van der Waals surface area contributed by atoms with Crippen LogP contribution in [-0.4, -0.2) is 24.0 Å². The van der Waals surface area contributed by atoms with E-state index in [9.17, 15) is 4.79 Å². The molecule has 1 aliphatic rings. The first-order chi connectivity index (χ1) is 9.28. The molecular formula is C17H34N2O. The molecule has 0 spiro atoms. The van der Waals surface area contributed by atoms with Gasteiger partial charge in [-0.05, 0) is 51.9 Å². The Morgan fingerprint density at radius 3 is 2.45 bits per heavy atom. The van der Waals surface area contributed by atoms with Crippen molar-refractivity contribution >= 4 is 5.91 Å². The number of nitrogens with one attached hydrogen (secondary N) is 2. The van der Waals surface area contributed by atoms with Gasteiger partial charge in [-0.1, -0.05) is 26.7 Å². The van der Waals surface area contributed by atoms with Crippen LogP contribution < -0.4 is 10.6 Å². The van der Waals surface area contributed by atoms with Gasteiger partial charge in [0.05, 0.1) is 0 Å². The van der Waals surface area contributed by atoms with Crippen molar-refractivity contribution in [2.75, 3.05) is 6.54 Å². The number of hydrogen-bond acceptors (Lipinski definition) is 2. The molecule has 1 rings (SSSR count). The fourth-order valence-electron chi connectivity index (χ4n) is 3.07. The summed E-state index contributed by atoms with van der Waals surface area (Å²) in [5.41, 5.74) is -0.121. The van der Waals surface area contributed by atoms with Gasteiger partial charge >= 0.3 is 0 Å². The van der Waals surface area contributed by atoms with Crippen LogP contribution in [0.3, 0.4) is 0 Å². The summed E-state index contributed by atoms with van der Waals surface area (Å²) < 4.78 is 0. The van der Waals surface area contributed by atoms with Crippen LogP contribution in [-0.2, 0) is 4.79 Å². The van der Waals surface area contributed by atoms with E-state index in [-0.39, 0.29) is 11.4 Å². The molecule has 2 atom stereocenters. The van der Waals surface area contributed by atoms with Gasteiger partial charge < -0.3 is 10.6 Å². The van der Waals surface area contributed by atoms with Crippen molar-refractivity contribution in [3.05, 3.63) is 0 Å². The lowest BCUT2D eigenvalue weighted by atomic mass is 9.89. The molecule has 0 saturated heterocycles. The Hall–Kier alpha value is -0.570. The molecule has 0 aromatic rings. The van der Waals surface area contributed by atoms with Crippen LogP contribution in [0.15, 0.2) is 0 Å². The first-order valence-electron chi connectivity index (χ1n) is 8.32. The van der Waals surface area contributed by atoms with Gasteiger partial charge in [0, 0.05) is 24.5 Å². The zero-order chi connectivity index (χ0) is 15.2. The highest BCUT2D eigenvalue weighted by atomic mass is 16.1. The summed E-state index contributed by atoms with van der Waals surface area (Å²) in [5, 5.41) is 6.59. The molecule has 0 aliphatic heterocycles. The number of carbonyl (C=O) groups excluding carboxylic acids is 1. The van der Waals surface area contributed by atoms with E-state index >= 15 is 0 Å². The molecular weight excluding hydrogens is 248 g/mol. The molecule has 1 fully saturated rings. The van der Waals surface area contributed by atoms with Crippen molar-refractivity contribution in [2.24, 2.45) is 11.8 Å². The Morgan fingerprint density at radius 2 is 1.85 bits per heavy atom. The molecule has 3 nitrogen and oxygen atoms in total. The molecule has 0 bridgehead atoms. The van der Waals surface area contributed by atoms with Crippen LogP contribution in [0.25, 0.3) is 0 Å². The highest BCUT2D eigenvalue weighted by Crippen LogP contribution is 2.28. The lowest BCUT2D eigenvalue weighted by Crippen LogP contribution is -2.42. The van der Waals surface area contributed by atoms with E-state index in [0.29, 0.717) is 12.5 Å². The molecule has 118 valence electrons. The van der Waals surface area contributed by atoms with Crippen molar-refractivity contribution in [1.29, 1.82) is 0 Å². The van der Waals surface area contributed by atoms with E-state index in [4.69, 9.17) is 0 Å². The van der Waals surface area contributed by atoms with Crippen molar-refractivity contribution < 1.29 is 4.79 Å². The van der Waals surface area contributed by atoms with Crippen molar-refractivity contribution in [3.63, 3.8) is 0 Å². The van der Waals surface area contributed by atoms with E-state index < -0.39 is 0 Å². The lowest BCUT2D eigenvalue weighted by Gasteiger charge is -2.21. The molecule has 2 N–H and O–H groups in total. The monoisotopic (exact) mass is 282 g/mol. The van der Waals surface area contributed by atoms with Crippen molar-refractivity contribution in [1.82, 2.24) is 10.6 Å². The van der Waals surface area contributed by atoms with Gasteiger partial charge in [0.1, 0.15) is 0 Å². The van der Waals surface area contributed by atoms with Gasteiger partial charge in [0.25, 0.3) is 0 Å². The van der Waals surface area contributed by atoms with E-state index in [1.54, 1.807) is 0 Å². The average molecular weight is 282 g/mol. The highest BCUT2D eigenvalue weighted by Gasteiger charge is 2.21. The third-order valence-corrected chi connectivity index (χ3v) is 4.26. The molecule has 0 radical (unpaired) electrons. The maximum Gasteiger partial charge on any atom is 0.221 e. The maximum absolute atomic E-state index is 11.8. The molecule has 0 aromatic heterocycles. The SMILES string of the molecule is CC(C)C1CCCC(NCCC(=O)NC(C)(C)C)CC1. The van der Waals surface area contributed by atoms with E-state index in [1.807, 2.05) is 20.8 Å². The van der Waals surface area contributed by atoms with Crippen LogP contribution >= 0.6 is 0 Å². The number of hydrogen-bond donors (Lipinski definition) is 2. The number of rotatable bonds is 5. The molecule has 20 heavy (non-hydrogen) atoms. The number of amides is 1. The largest absolute Gasteiger partial charge is 0.351 e. The summed E-state index contributed by atoms with van der Waals surface area (Å²) in [6, 6.07) is 0.612. The van der Waals surface area contributed by atoms with Crippen LogP contribution in [0.5, 0.6) is 0 Å². The summed E-state index contributed by atoms with van der Waals surface area (Å²) in [5.74, 6) is 1.86. The summed E-state index contributed by atoms with van der Waals surface area (Å²) in [4.78, 5) is 11.8. The van der Waals surface area contributed by atoms with Crippen LogP contribution in [0.1, 0.15) is 73.1 Å². The quantitative estimate of drug-likeness (QED) is 0.758. The fraction of sp³-hybridized carbons (Fsp3) is 0.941. The van der Waals surface area contributed by atoms with Gasteiger partial charge in [0.15, 0.2) is 0 Å². The normalized spacial score (nSPS) is 24.5. The molecule has 1 aliphatic carbocycles. The Kier molecular flexibility index (Phi) is 7.01. The van der Waals surface area contributed by atoms with Crippen LogP contribution in [0, 0.1) is 11.8 Å². The highest BCUT2D eigenvalue weighted by molar-refractivity contribution is 5.76. The zero-order valence-electron chi connectivity index (χ0n) is 14.1.